The van der Waals surface area contributed by atoms with E-state index in [0.717, 1.165) is 0 Å². The molecule has 16 heavy (non-hydrogen) atoms. The van der Waals surface area contributed by atoms with Crippen LogP contribution in [0.15, 0.2) is 24.3 Å². The summed E-state index contributed by atoms with van der Waals surface area (Å²) in [4.78, 5) is 22.0. The lowest BCUT2D eigenvalue weighted by atomic mass is 10.0. The van der Waals surface area contributed by atoms with Crippen LogP contribution in [0.1, 0.15) is 16.8 Å². The first-order valence-electron chi connectivity index (χ1n) is 4.70. The number of carboxylic acid groups (broad SMARTS) is 1. The third-order valence-electron chi connectivity index (χ3n) is 2.11. The molecule has 0 aliphatic heterocycles. The summed E-state index contributed by atoms with van der Waals surface area (Å²) in [5, 5.41) is 8.51. The Morgan fingerprint density at radius 3 is 2.38 bits per heavy atom. The van der Waals surface area contributed by atoms with Crippen LogP contribution < -0.4 is 10.5 Å². The molecule has 0 aromatic heterocycles. The van der Waals surface area contributed by atoms with Gasteiger partial charge in [0.2, 0.25) is 0 Å². The fourth-order valence-electron chi connectivity index (χ4n) is 1.25. The van der Waals surface area contributed by atoms with Gasteiger partial charge in [0.05, 0.1) is 19.6 Å². The molecule has 3 N–H and O–H groups in total. The van der Waals surface area contributed by atoms with E-state index in [2.05, 4.69) is 0 Å². The largest absolute Gasteiger partial charge is 0.497 e. The summed E-state index contributed by atoms with van der Waals surface area (Å²) < 4.78 is 4.94. The first-order valence-corrected chi connectivity index (χ1v) is 4.70. The third kappa shape index (κ3) is 3.06. The first kappa shape index (κ1) is 12.2. The second kappa shape index (κ2) is 5.27. The molecule has 0 aliphatic carbocycles. The summed E-state index contributed by atoms with van der Waals surface area (Å²) in [6.45, 7) is 0. The maximum absolute atomic E-state index is 11.7. The fraction of sp³-hybridized carbons (Fsp3) is 0.273. The quantitative estimate of drug-likeness (QED) is 0.716. The van der Waals surface area contributed by atoms with Crippen LogP contribution in [0.5, 0.6) is 5.75 Å². The van der Waals surface area contributed by atoms with Gasteiger partial charge in [-0.2, -0.15) is 0 Å². The lowest BCUT2D eigenvalue weighted by molar-refractivity contribution is -0.137. The highest BCUT2D eigenvalue weighted by Crippen LogP contribution is 2.13. The lowest BCUT2D eigenvalue weighted by Gasteiger charge is -2.08. The van der Waals surface area contributed by atoms with Gasteiger partial charge >= 0.3 is 5.97 Å². The van der Waals surface area contributed by atoms with Gasteiger partial charge in [-0.1, -0.05) is 0 Å². The van der Waals surface area contributed by atoms with Crippen molar-refractivity contribution in [2.24, 2.45) is 5.73 Å². The predicted octanol–water partition coefficient (Wildman–Crippen LogP) is 0.680. The number of carbonyl (C=O) groups is 2. The van der Waals surface area contributed by atoms with Gasteiger partial charge in [0, 0.05) is 5.56 Å². The van der Waals surface area contributed by atoms with Crippen molar-refractivity contribution < 1.29 is 19.4 Å². The molecule has 0 spiro atoms. The van der Waals surface area contributed by atoms with Crippen molar-refractivity contribution in [3.8, 4) is 5.75 Å². The van der Waals surface area contributed by atoms with Gasteiger partial charge in [0.25, 0.3) is 0 Å². The van der Waals surface area contributed by atoms with E-state index < -0.39 is 12.0 Å². The van der Waals surface area contributed by atoms with Crippen molar-refractivity contribution in [3.05, 3.63) is 29.8 Å². The molecule has 0 aliphatic rings. The van der Waals surface area contributed by atoms with Gasteiger partial charge in [-0.25, -0.2) is 0 Å². The predicted molar refractivity (Wildman–Crippen MR) is 57.6 cm³/mol. The number of benzene rings is 1. The monoisotopic (exact) mass is 223 g/mol. The van der Waals surface area contributed by atoms with E-state index in [0.29, 0.717) is 11.3 Å². The molecule has 1 aromatic carbocycles. The highest BCUT2D eigenvalue weighted by molar-refractivity contribution is 6.01. The minimum Gasteiger partial charge on any atom is -0.497 e. The molecule has 0 saturated carbocycles. The van der Waals surface area contributed by atoms with Crippen molar-refractivity contribution in [1.82, 2.24) is 0 Å². The maximum Gasteiger partial charge on any atom is 0.305 e. The number of Topliss-reactive ketones (excluding diaryl/α,β-unsaturated/α-hetero) is 1. The number of nitrogens with two attached hydrogens (primary N) is 1. The number of aliphatic carboxylic acids is 1. The van der Waals surface area contributed by atoms with Gasteiger partial charge in [-0.15, -0.1) is 0 Å². The Bertz CT molecular complexity index is 385. The van der Waals surface area contributed by atoms with Crippen LogP contribution >= 0.6 is 0 Å². The SMILES string of the molecule is COc1ccc(C(=O)C(N)CC(=O)O)cc1. The number of carbonyl (C=O) groups excluding carboxylic acids is 1. The standard InChI is InChI=1S/C11H13NO4/c1-16-8-4-2-7(3-5-8)11(15)9(12)6-10(13)14/h2-5,9H,6,12H2,1H3,(H,13,14). The van der Waals surface area contributed by atoms with Crippen LogP contribution in [-0.4, -0.2) is 30.0 Å². The maximum atomic E-state index is 11.7. The smallest absolute Gasteiger partial charge is 0.305 e. The number of hydrogen-bond acceptors (Lipinski definition) is 4. The molecule has 0 saturated heterocycles. The van der Waals surface area contributed by atoms with Crippen LogP contribution in [0.4, 0.5) is 0 Å². The molecule has 0 heterocycles. The number of ketones is 1. The number of methoxy groups -OCH3 is 1. The van der Waals surface area contributed by atoms with Gasteiger partial charge < -0.3 is 15.6 Å². The Balaban J connectivity index is 2.75. The molecular weight excluding hydrogens is 210 g/mol. The van der Waals surface area contributed by atoms with E-state index in [1.165, 1.54) is 7.11 Å². The van der Waals surface area contributed by atoms with Crippen molar-refractivity contribution in [3.63, 3.8) is 0 Å². The summed E-state index contributed by atoms with van der Waals surface area (Å²) in [7, 11) is 1.52. The Kier molecular flexibility index (Phi) is 4.02. The topological polar surface area (TPSA) is 89.6 Å². The van der Waals surface area contributed by atoms with Gasteiger partial charge in [-0.3, -0.25) is 9.59 Å². The number of ether oxygens (including phenoxy) is 1. The van der Waals surface area contributed by atoms with E-state index in [4.69, 9.17) is 15.6 Å². The Morgan fingerprint density at radius 2 is 1.94 bits per heavy atom. The van der Waals surface area contributed by atoms with Gasteiger partial charge in [-0.05, 0) is 24.3 Å². The molecule has 0 radical (unpaired) electrons. The molecule has 1 unspecified atom stereocenters. The van der Waals surface area contributed by atoms with Crippen LogP contribution in [0, 0.1) is 0 Å². The first-order chi connectivity index (χ1) is 7.54. The number of rotatable bonds is 5. The number of carboxylic acids is 1. The van der Waals surface area contributed by atoms with Crippen LogP contribution in [0.25, 0.3) is 0 Å². The molecule has 5 heteroatoms. The minimum atomic E-state index is -1.09. The van der Waals surface area contributed by atoms with Crippen LogP contribution in [0.2, 0.25) is 0 Å². The number of hydrogen-bond donors (Lipinski definition) is 2. The Morgan fingerprint density at radius 1 is 1.38 bits per heavy atom. The van der Waals surface area contributed by atoms with Crippen molar-refractivity contribution >= 4 is 11.8 Å². The fourth-order valence-corrected chi connectivity index (χ4v) is 1.25. The Labute approximate surface area is 92.8 Å². The summed E-state index contributed by atoms with van der Waals surface area (Å²) in [5.74, 6) is -0.845. The van der Waals surface area contributed by atoms with Crippen LogP contribution in [0.3, 0.4) is 0 Å². The second-order valence-corrected chi connectivity index (χ2v) is 3.30. The van der Waals surface area contributed by atoms with E-state index in [9.17, 15) is 9.59 Å². The Hall–Kier alpha value is -1.88. The summed E-state index contributed by atoms with van der Waals surface area (Å²) in [5.41, 5.74) is 5.84. The molecule has 1 rings (SSSR count). The molecule has 5 nitrogen and oxygen atoms in total. The second-order valence-electron chi connectivity index (χ2n) is 3.30. The van der Waals surface area contributed by atoms with Gasteiger partial charge in [0.15, 0.2) is 5.78 Å². The van der Waals surface area contributed by atoms with Crippen molar-refractivity contribution in [1.29, 1.82) is 0 Å². The highest BCUT2D eigenvalue weighted by Gasteiger charge is 2.18. The van der Waals surface area contributed by atoms with E-state index >= 15 is 0 Å². The third-order valence-corrected chi connectivity index (χ3v) is 2.11. The van der Waals surface area contributed by atoms with E-state index in [1.54, 1.807) is 24.3 Å². The summed E-state index contributed by atoms with van der Waals surface area (Å²) in [6, 6.07) is 5.36. The van der Waals surface area contributed by atoms with Crippen LogP contribution in [-0.2, 0) is 4.79 Å². The average molecular weight is 223 g/mol. The molecule has 0 fully saturated rings. The molecule has 1 atom stereocenters. The van der Waals surface area contributed by atoms with Gasteiger partial charge in [0.1, 0.15) is 5.75 Å². The van der Waals surface area contributed by atoms with E-state index in [-0.39, 0.29) is 12.2 Å². The average Bonchev–Trinajstić information content (AvgIpc) is 2.27. The zero-order valence-electron chi connectivity index (χ0n) is 8.84. The molecule has 0 bridgehead atoms. The molecule has 86 valence electrons. The lowest BCUT2D eigenvalue weighted by Crippen LogP contribution is -2.32. The zero-order valence-corrected chi connectivity index (χ0v) is 8.84. The molecular formula is C11H13NO4. The summed E-state index contributed by atoms with van der Waals surface area (Å²) >= 11 is 0. The normalized spacial score (nSPS) is 11.9. The zero-order chi connectivity index (χ0) is 12.1. The minimum absolute atomic E-state index is 0.370. The van der Waals surface area contributed by atoms with Crippen molar-refractivity contribution in [2.45, 2.75) is 12.5 Å². The highest BCUT2D eigenvalue weighted by atomic mass is 16.5. The molecule has 0 amide bonds. The van der Waals surface area contributed by atoms with E-state index in [1.807, 2.05) is 0 Å². The summed E-state index contributed by atoms with van der Waals surface area (Å²) in [6.07, 6.45) is -0.370. The molecule has 1 aromatic rings. The van der Waals surface area contributed by atoms with Crippen molar-refractivity contribution in [2.75, 3.05) is 7.11 Å².